The molecule has 2 N–H and O–H groups in total. The summed E-state index contributed by atoms with van der Waals surface area (Å²) in [6.07, 6.45) is 2.79. The summed E-state index contributed by atoms with van der Waals surface area (Å²) in [6, 6.07) is 0. The topological polar surface area (TPSA) is 60.2 Å². The molecule has 0 radical (unpaired) electrons. The van der Waals surface area contributed by atoms with E-state index in [1.807, 2.05) is 0 Å². The molecule has 92 valence electrons. The third kappa shape index (κ3) is 7.79. The van der Waals surface area contributed by atoms with Gasteiger partial charge in [-0.25, -0.2) is 8.42 Å². The van der Waals surface area contributed by atoms with Crippen molar-refractivity contribution in [1.29, 1.82) is 0 Å². The molecule has 0 aliphatic heterocycles. The van der Waals surface area contributed by atoms with Gasteiger partial charge in [-0.1, -0.05) is 20.8 Å². The van der Waals surface area contributed by atoms with Gasteiger partial charge < -0.3 is 5.73 Å². The van der Waals surface area contributed by atoms with Crippen molar-refractivity contribution in [2.75, 3.05) is 18.1 Å². The molecule has 0 aliphatic rings. The van der Waals surface area contributed by atoms with Gasteiger partial charge in [-0.2, -0.15) is 0 Å². The van der Waals surface area contributed by atoms with E-state index in [4.69, 9.17) is 5.73 Å². The summed E-state index contributed by atoms with van der Waals surface area (Å²) < 4.78 is 22.5. The third-order valence-corrected chi connectivity index (χ3v) is 4.44. The van der Waals surface area contributed by atoms with Gasteiger partial charge >= 0.3 is 0 Å². The molecular formula is C11H25NO2S. The molecule has 0 rings (SSSR count). The first-order valence-electron chi connectivity index (χ1n) is 5.81. The average molecular weight is 235 g/mol. The average Bonchev–Trinajstić information content (AvgIpc) is 2.15. The predicted molar refractivity (Wildman–Crippen MR) is 65.6 cm³/mol. The fourth-order valence-corrected chi connectivity index (χ4v) is 2.63. The highest BCUT2D eigenvalue weighted by atomic mass is 32.2. The summed E-state index contributed by atoms with van der Waals surface area (Å²) in [6.45, 7) is 6.71. The van der Waals surface area contributed by atoms with Crippen LogP contribution in [0.5, 0.6) is 0 Å². The lowest BCUT2D eigenvalue weighted by Gasteiger charge is -2.16. The Morgan fingerprint density at radius 1 is 1.27 bits per heavy atom. The van der Waals surface area contributed by atoms with Crippen LogP contribution in [0.15, 0.2) is 0 Å². The van der Waals surface area contributed by atoms with Crippen molar-refractivity contribution in [1.82, 2.24) is 0 Å². The summed E-state index contributed by atoms with van der Waals surface area (Å²) in [4.78, 5) is 0. The third-order valence-electron chi connectivity index (χ3n) is 2.65. The zero-order valence-corrected chi connectivity index (χ0v) is 11.0. The Bertz CT molecular complexity index is 247. The monoisotopic (exact) mass is 235 g/mol. The highest BCUT2D eigenvalue weighted by Gasteiger charge is 2.12. The Morgan fingerprint density at radius 2 is 1.87 bits per heavy atom. The highest BCUT2D eigenvalue weighted by Crippen LogP contribution is 2.16. The van der Waals surface area contributed by atoms with Crippen LogP contribution in [-0.4, -0.2) is 26.5 Å². The van der Waals surface area contributed by atoms with Crippen LogP contribution in [-0.2, 0) is 9.84 Å². The Hall–Kier alpha value is -0.0900. The zero-order chi connectivity index (χ0) is 11.9. The number of hydrogen-bond acceptors (Lipinski definition) is 3. The lowest BCUT2D eigenvalue weighted by atomic mass is 9.93. The van der Waals surface area contributed by atoms with E-state index in [-0.39, 0.29) is 5.75 Å². The second-order valence-corrected chi connectivity index (χ2v) is 7.08. The molecule has 0 aliphatic carbocycles. The smallest absolute Gasteiger partial charge is 0.150 e. The standard InChI is InChI=1S/C11H25NO2S/c1-4-15(13,14)7-5-6-11(9-12)8-10(2)3/h10-11H,4-9,12H2,1-3H3. The van der Waals surface area contributed by atoms with Crippen molar-refractivity contribution >= 4 is 9.84 Å². The maximum Gasteiger partial charge on any atom is 0.150 e. The maximum absolute atomic E-state index is 11.3. The Balaban J connectivity index is 3.82. The van der Waals surface area contributed by atoms with E-state index in [1.165, 1.54) is 0 Å². The molecule has 0 aromatic heterocycles. The first-order valence-corrected chi connectivity index (χ1v) is 7.64. The van der Waals surface area contributed by atoms with Crippen LogP contribution >= 0.6 is 0 Å². The molecule has 0 aromatic rings. The van der Waals surface area contributed by atoms with Gasteiger partial charge in [0.05, 0.1) is 5.75 Å². The van der Waals surface area contributed by atoms with E-state index in [0.29, 0.717) is 24.1 Å². The molecule has 0 heterocycles. The van der Waals surface area contributed by atoms with Crippen molar-refractivity contribution < 1.29 is 8.42 Å². The van der Waals surface area contributed by atoms with Gasteiger partial charge in [0.2, 0.25) is 0 Å². The van der Waals surface area contributed by atoms with Gasteiger partial charge in [-0.15, -0.1) is 0 Å². The minimum atomic E-state index is -2.79. The molecule has 0 fully saturated rings. The number of hydrogen-bond donors (Lipinski definition) is 1. The summed E-state index contributed by atoms with van der Waals surface area (Å²) in [5.41, 5.74) is 5.65. The molecule has 1 atom stereocenters. The van der Waals surface area contributed by atoms with Crippen LogP contribution < -0.4 is 5.73 Å². The summed E-state index contributed by atoms with van der Waals surface area (Å²) in [5, 5.41) is 0. The first-order chi connectivity index (χ1) is 6.91. The van der Waals surface area contributed by atoms with Crippen molar-refractivity contribution in [3.8, 4) is 0 Å². The minimum Gasteiger partial charge on any atom is -0.330 e. The van der Waals surface area contributed by atoms with Crippen LogP contribution in [0.3, 0.4) is 0 Å². The maximum atomic E-state index is 11.3. The van der Waals surface area contributed by atoms with Crippen molar-refractivity contribution in [3.05, 3.63) is 0 Å². The molecule has 0 saturated heterocycles. The second-order valence-electron chi connectivity index (χ2n) is 4.61. The Morgan fingerprint density at radius 3 is 2.27 bits per heavy atom. The van der Waals surface area contributed by atoms with Gasteiger partial charge in [-0.3, -0.25) is 0 Å². The van der Waals surface area contributed by atoms with E-state index in [1.54, 1.807) is 6.92 Å². The fraction of sp³-hybridized carbons (Fsp3) is 1.00. The van der Waals surface area contributed by atoms with Crippen LogP contribution in [0, 0.1) is 11.8 Å². The Labute approximate surface area is 94.4 Å². The SMILES string of the molecule is CCS(=O)(=O)CCCC(CN)CC(C)C. The number of sulfone groups is 1. The summed E-state index contributed by atoms with van der Waals surface area (Å²) in [7, 11) is -2.79. The fourth-order valence-electron chi connectivity index (χ4n) is 1.73. The normalized spacial score (nSPS) is 14.5. The molecule has 0 saturated carbocycles. The quantitative estimate of drug-likeness (QED) is 0.698. The molecule has 0 amide bonds. The molecule has 0 spiro atoms. The van der Waals surface area contributed by atoms with E-state index >= 15 is 0 Å². The first kappa shape index (κ1) is 14.9. The second kappa shape index (κ2) is 7.23. The zero-order valence-electron chi connectivity index (χ0n) is 10.2. The van der Waals surface area contributed by atoms with Crippen molar-refractivity contribution in [2.24, 2.45) is 17.6 Å². The molecule has 1 unspecified atom stereocenters. The molecule has 15 heavy (non-hydrogen) atoms. The van der Waals surface area contributed by atoms with Crippen LogP contribution in [0.4, 0.5) is 0 Å². The van der Waals surface area contributed by atoms with Crippen LogP contribution in [0.2, 0.25) is 0 Å². The van der Waals surface area contributed by atoms with E-state index in [2.05, 4.69) is 13.8 Å². The Kier molecular flexibility index (Phi) is 7.18. The van der Waals surface area contributed by atoms with E-state index in [9.17, 15) is 8.42 Å². The van der Waals surface area contributed by atoms with Crippen LogP contribution in [0.25, 0.3) is 0 Å². The molecule has 0 bridgehead atoms. The number of rotatable bonds is 8. The van der Waals surface area contributed by atoms with Gasteiger partial charge in [0.25, 0.3) is 0 Å². The van der Waals surface area contributed by atoms with Crippen molar-refractivity contribution in [2.45, 2.75) is 40.0 Å². The molecule has 3 nitrogen and oxygen atoms in total. The van der Waals surface area contributed by atoms with Crippen molar-refractivity contribution in [3.63, 3.8) is 0 Å². The molecule has 0 aromatic carbocycles. The van der Waals surface area contributed by atoms with Gasteiger partial charge in [-0.05, 0) is 37.6 Å². The lowest BCUT2D eigenvalue weighted by molar-refractivity contribution is 0.391. The summed E-state index contributed by atoms with van der Waals surface area (Å²) in [5.74, 6) is 1.70. The van der Waals surface area contributed by atoms with E-state index in [0.717, 1.165) is 19.3 Å². The van der Waals surface area contributed by atoms with E-state index < -0.39 is 9.84 Å². The number of nitrogens with two attached hydrogens (primary N) is 1. The predicted octanol–water partition coefficient (Wildman–Crippen LogP) is 1.82. The largest absolute Gasteiger partial charge is 0.330 e. The lowest BCUT2D eigenvalue weighted by Crippen LogP contribution is -2.18. The molecule has 4 heteroatoms. The highest BCUT2D eigenvalue weighted by molar-refractivity contribution is 7.91. The van der Waals surface area contributed by atoms with Gasteiger partial charge in [0.1, 0.15) is 9.84 Å². The van der Waals surface area contributed by atoms with Crippen LogP contribution in [0.1, 0.15) is 40.0 Å². The van der Waals surface area contributed by atoms with Gasteiger partial charge in [0.15, 0.2) is 0 Å². The molecular weight excluding hydrogens is 210 g/mol. The summed E-state index contributed by atoms with van der Waals surface area (Å²) >= 11 is 0. The minimum absolute atomic E-state index is 0.254. The van der Waals surface area contributed by atoms with Gasteiger partial charge in [0, 0.05) is 5.75 Å².